The molecule has 20 aromatic rings. The summed E-state index contributed by atoms with van der Waals surface area (Å²) in [4.78, 5) is 66.6. The number of aromatic nitrogens is 15. The Balaban J connectivity index is 0.826. The van der Waals surface area contributed by atoms with Crippen LogP contribution in [0.3, 0.4) is 0 Å². The number of hydrogen-bond acceptors (Lipinski definition) is 14. The van der Waals surface area contributed by atoms with E-state index < -0.39 is 0 Å². The van der Waals surface area contributed by atoms with Crippen LogP contribution in [-0.4, -0.2) is 73.9 Å². The third-order valence-electron chi connectivity index (χ3n) is 20.1. The van der Waals surface area contributed by atoms with Gasteiger partial charge in [-0.2, -0.15) is 5.26 Å². The fraction of sp³-hybridized carbons (Fsp3) is 0. The van der Waals surface area contributed by atoms with E-state index in [0.29, 0.717) is 81.1 Å². The van der Waals surface area contributed by atoms with E-state index in [9.17, 15) is 5.26 Å². The Morgan fingerprint density at radius 2 is 0.411 bits per heavy atom. The largest absolute Gasteiger partial charge is 0.309 e. The van der Waals surface area contributed by atoms with Crippen LogP contribution >= 0.6 is 0 Å². The number of nitriles is 1. The van der Waals surface area contributed by atoms with Gasteiger partial charge in [-0.1, -0.05) is 243 Å². The third kappa shape index (κ3) is 12.3. The summed E-state index contributed by atoms with van der Waals surface area (Å²) in [5.41, 5.74) is 16.6. The molecule has 20 rings (SSSR count). The molecule has 0 spiro atoms. The molecule has 0 radical (unpaired) electrons. The molecule has 7 heterocycles. The van der Waals surface area contributed by atoms with Gasteiger partial charge in [0.05, 0.1) is 39.0 Å². The Bertz CT molecular complexity index is 6430. The van der Waals surface area contributed by atoms with Crippen molar-refractivity contribution in [3.8, 4) is 165 Å². The van der Waals surface area contributed by atoms with Crippen molar-refractivity contribution in [3.63, 3.8) is 0 Å². The van der Waals surface area contributed by atoms with E-state index in [1.54, 1.807) is 12.4 Å². The summed E-state index contributed by atoms with van der Waals surface area (Å²) >= 11 is 0. The number of pyridine rings is 1. The lowest BCUT2D eigenvalue weighted by Crippen LogP contribution is -2.04. The Hall–Kier alpha value is -15.9. The fourth-order valence-electron chi connectivity index (χ4n) is 14.7. The van der Waals surface area contributed by atoms with Gasteiger partial charge in [-0.3, -0.25) is 4.98 Å². The second-order valence-electron chi connectivity index (χ2n) is 27.0. The molecule has 0 saturated carbocycles. The average Bonchev–Trinajstić information content (AvgIpc) is 1.55. The molecular weight excluding hydrogens is 1380 g/mol. The van der Waals surface area contributed by atoms with Crippen molar-refractivity contribution in [2.24, 2.45) is 0 Å². The van der Waals surface area contributed by atoms with Gasteiger partial charge in [0.2, 0.25) is 0 Å². The van der Waals surface area contributed by atoms with Crippen LogP contribution in [0.4, 0.5) is 0 Å². The highest BCUT2D eigenvalue weighted by Crippen LogP contribution is 2.45. The molecule has 0 atom stereocenters. The van der Waals surface area contributed by atoms with Crippen molar-refractivity contribution in [1.29, 1.82) is 5.26 Å². The van der Waals surface area contributed by atoms with Crippen LogP contribution in [0.1, 0.15) is 5.56 Å². The van der Waals surface area contributed by atoms with Crippen LogP contribution in [0.2, 0.25) is 0 Å². The molecule has 16 nitrogen and oxygen atoms in total. The van der Waals surface area contributed by atoms with Crippen molar-refractivity contribution in [1.82, 2.24) is 73.9 Å². The second kappa shape index (κ2) is 28.1. The van der Waals surface area contributed by atoms with Crippen LogP contribution in [0.15, 0.2) is 352 Å². The van der Waals surface area contributed by atoms with Crippen molar-refractivity contribution >= 4 is 43.6 Å². The predicted octanol–water partition coefficient (Wildman–Crippen LogP) is 21.6. The maximum atomic E-state index is 12.1. The zero-order valence-corrected chi connectivity index (χ0v) is 59.6. The summed E-state index contributed by atoms with van der Waals surface area (Å²) in [5, 5.41) is 15.6. The summed E-state index contributed by atoms with van der Waals surface area (Å²) in [7, 11) is 0. The van der Waals surface area contributed by atoms with E-state index in [4.69, 9.17) is 59.8 Å². The normalized spacial score (nSPS) is 11.4. The molecule has 0 aliphatic carbocycles. The zero-order valence-electron chi connectivity index (χ0n) is 59.6. The van der Waals surface area contributed by atoms with E-state index >= 15 is 0 Å². The standard InChI is InChI=1S/C96H58N16/c97-59-73-57-84(112-81-47-43-71(95-107-89(65-33-17-5-18-34-65)101-90(108-95)66-35-19-6-20-36-66)55-77(81)78-56-72(44-48-82(78)112)96-109-91(67-37-21-7-22-38-67)102-92(110-96)68-39-23-8-24-40-68)74(60-49-51-98-52-50-60)58-83(73)111-79-45-41-69(93-103-85(61-25-9-1-10-26-61)99-86(104-93)62-27-11-2-12-28-62)53-75(79)76-54-70(42-46-80(76)111)94-105-87(63-29-13-3-14-30-63)100-88(106-94)64-31-15-4-16-32-64/h1-58H. The molecule has 0 aliphatic heterocycles. The topological polar surface area (TPSA) is 201 Å². The molecule has 16 heteroatoms. The molecule has 7 aromatic heterocycles. The molecule has 0 N–H and O–H groups in total. The molecule has 112 heavy (non-hydrogen) atoms. The maximum Gasteiger partial charge on any atom is 0.164 e. The first-order valence-corrected chi connectivity index (χ1v) is 36.6. The summed E-state index contributed by atoms with van der Waals surface area (Å²) < 4.78 is 4.44. The molecular formula is C96H58N16. The van der Waals surface area contributed by atoms with Gasteiger partial charge in [-0.15, -0.1) is 0 Å². The summed E-state index contributed by atoms with van der Waals surface area (Å²) in [6.07, 6.45) is 3.60. The lowest BCUT2D eigenvalue weighted by molar-refractivity contribution is 1.07. The molecule has 13 aromatic carbocycles. The Morgan fingerprint density at radius 3 is 0.634 bits per heavy atom. The van der Waals surface area contributed by atoms with Crippen LogP contribution < -0.4 is 0 Å². The molecule has 0 aliphatic rings. The van der Waals surface area contributed by atoms with Crippen molar-refractivity contribution < 1.29 is 0 Å². The summed E-state index contributed by atoms with van der Waals surface area (Å²) in [6.45, 7) is 0. The van der Waals surface area contributed by atoms with Gasteiger partial charge in [-0.25, -0.2) is 59.8 Å². The minimum Gasteiger partial charge on any atom is -0.309 e. The Labute approximate surface area is 641 Å². The van der Waals surface area contributed by atoms with E-state index in [0.717, 1.165) is 127 Å². The van der Waals surface area contributed by atoms with Crippen molar-refractivity contribution in [2.45, 2.75) is 0 Å². The molecule has 522 valence electrons. The van der Waals surface area contributed by atoms with E-state index in [1.165, 1.54) is 0 Å². The van der Waals surface area contributed by atoms with Gasteiger partial charge in [-0.05, 0) is 103 Å². The lowest BCUT2D eigenvalue weighted by Gasteiger charge is -2.19. The van der Waals surface area contributed by atoms with E-state index in [2.05, 4.69) is 99.1 Å². The van der Waals surface area contributed by atoms with Gasteiger partial charge in [0.25, 0.3) is 0 Å². The maximum absolute atomic E-state index is 12.1. The summed E-state index contributed by atoms with van der Waals surface area (Å²) in [6, 6.07) is 116. The lowest BCUT2D eigenvalue weighted by atomic mass is 10.00. The molecule has 0 unspecified atom stereocenters. The van der Waals surface area contributed by atoms with Crippen molar-refractivity contribution in [2.75, 3.05) is 0 Å². The number of rotatable bonds is 15. The van der Waals surface area contributed by atoms with Crippen LogP contribution in [-0.2, 0) is 0 Å². The minimum atomic E-state index is 0.400. The Morgan fingerprint density at radius 1 is 0.196 bits per heavy atom. The second-order valence-corrected chi connectivity index (χ2v) is 27.0. The zero-order chi connectivity index (χ0) is 74.4. The number of fused-ring (bicyclic) bond motifs is 6. The monoisotopic (exact) mass is 1430 g/mol. The smallest absolute Gasteiger partial charge is 0.164 e. The van der Waals surface area contributed by atoms with Gasteiger partial charge in [0.1, 0.15) is 6.07 Å². The number of hydrogen-bond donors (Lipinski definition) is 0. The van der Waals surface area contributed by atoms with Crippen molar-refractivity contribution in [3.05, 3.63) is 358 Å². The van der Waals surface area contributed by atoms with E-state index in [-0.39, 0.29) is 0 Å². The first-order chi connectivity index (χ1) is 55.4. The third-order valence-corrected chi connectivity index (χ3v) is 20.1. The number of benzene rings is 13. The summed E-state index contributed by atoms with van der Waals surface area (Å²) in [5.74, 6) is 6.26. The first-order valence-electron chi connectivity index (χ1n) is 36.6. The fourth-order valence-corrected chi connectivity index (χ4v) is 14.7. The number of nitrogens with zero attached hydrogens (tertiary/aromatic N) is 16. The van der Waals surface area contributed by atoms with Gasteiger partial charge in [0, 0.05) is 106 Å². The molecule has 0 bridgehead atoms. The molecule has 0 fully saturated rings. The highest BCUT2D eigenvalue weighted by molar-refractivity contribution is 6.14. The SMILES string of the molecule is N#Cc1cc(-n2c3ccc(-c4nc(-c5ccccc5)nc(-c5ccccc5)n4)cc3c3cc(-c4nc(-c5ccccc5)nc(-c5ccccc5)n4)ccc32)c(-c2ccncc2)cc1-n1c2ccc(-c3nc(-c4ccccc4)nc(-c4ccccc4)n3)cc2c2cc(-c3nc(-c4ccccc4)nc(-c4ccccc4)n3)ccc21. The van der Waals surface area contributed by atoms with Crippen LogP contribution in [0.5, 0.6) is 0 Å². The Kier molecular flexibility index (Phi) is 16.5. The van der Waals surface area contributed by atoms with Crippen LogP contribution in [0, 0.1) is 11.3 Å². The highest BCUT2D eigenvalue weighted by Gasteiger charge is 2.27. The van der Waals surface area contributed by atoms with E-state index in [1.807, 2.05) is 261 Å². The molecule has 0 amide bonds. The van der Waals surface area contributed by atoms with Gasteiger partial charge >= 0.3 is 0 Å². The minimum absolute atomic E-state index is 0.400. The average molecular weight is 1440 g/mol. The first kappa shape index (κ1) is 65.6. The van der Waals surface area contributed by atoms with Gasteiger partial charge < -0.3 is 9.13 Å². The highest BCUT2D eigenvalue weighted by atomic mass is 15.1. The predicted molar refractivity (Wildman–Crippen MR) is 442 cm³/mol. The van der Waals surface area contributed by atoms with Gasteiger partial charge in [0.15, 0.2) is 69.9 Å². The molecule has 0 saturated heterocycles. The quantitative estimate of drug-likeness (QED) is 0.0938. The van der Waals surface area contributed by atoms with Crippen LogP contribution in [0.25, 0.3) is 203 Å².